The maximum absolute atomic E-state index is 12.9. The van der Waals surface area contributed by atoms with Crippen molar-refractivity contribution in [2.45, 2.75) is 25.2 Å². The topological polar surface area (TPSA) is 50.8 Å². The number of carbonyl (C=O) groups is 1. The molecule has 1 unspecified atom stereocenters. The number of nitrogens with one attached hydrogen (secondary N) is 1. The Morgan fingerprint density at radius 2 is 1.74 bits per heavy atom. The van der Waals surface area contributed by atoms with E-state index in [0.717, 1.165) is 30.8 Å². The normalized spacial score (nSPS) is 17.1. The Kier molecular flexibility index (Phi) is 6.45. The van der Waals surface area contributed by atoms with E-state index >= 15 is 0 Å². The minimum Gasteiger partial charge on any atom is -0.497 e. The third-order valence-corrected chi connectivity index (χ3v) is 5.15. The van der Waals surface area contributed by atoms with Crippen LogP contribution in [-0.4, -0.2) is 38.2 Å². The molecule has 0 aromatic heterocycles. The molecule has 2 aromatic carbocycles. The highest BCUT2D eigenvalue weighted by atomic mass is 35.5. The number of anilines is 1. The number of methoxy groups -OCH3 is 2. The standard InChI is InChI=1S/C21H25ClN2O3/c1-26-19-11-18(12-20(13-19)27-2)23-21(25)24-10-4-3-5-16(14-24)15-6-8-17(22)9-7-15/h6-9,11-13,16H,3-5,10,14H2,1-2H3,(H,23,25). The van der Waals surface area contributed by atoms with Gasteiger partial charge in [-0.05, 0) is 30.5 Å². The number of rotatable bonds is 4. The molecule has 1 heterocycles. The summed E-state index contributed by atoms with van der Waals surface area (Å²) in [6, 6.07) is 13.2. The maximum Gasteiger partial charge on any atom is 0.321 e. The van der Waals surface area contributed by atoms with Gasteiger partial charge < -0.3 is 19.7 Å². The molecule has 0 spiro atoms. The second kappa shape index (κ2) is 9.00. The lowest BCUT2D eigenvalue weighted by Crippen LogP contribution is -2.37. The van der Waals surface area contributed by atoms with Gasteiger partial charge in [-0.1, -0.05) is 30.2 Å². The second-order valence-corrected chi connectivity index (χ2v) is 7.16. The number of halogens is 1. The molecule has 1 N–H and O–H groups in total. The molecule has 0 saturated carbocycles. The second-order valence-electron chi connectivity index (χ2n) is 6.72. The number of ether oxygens (including phenoxy) is 2. The van der Waals surface area contributed by atoms with E-state index in [4.69, 9.17) is 21.1 Å². The summed E-state index contributed by atoms with van der Waals surface area (Å²) in [7, 11) is 3.18. The average molecular weight is 389 g/mol. The molecule has 27 heavy (non-hydrogen) atoms. The van der Waals surface area contributed by atoms with Crippen LogP contribution in [0.3, 0.4) is 0 Å². The van der Waals surface area contributed by atoms with Crippen molar-refractivity contribution < 1.29 is 14.3 Å². The lowest BCUT2D eigenvalue weighted by Gasteiger charge is -2.25. The first-order valence-electron chi connectivity index (χ1n) is 9.13. The minimum atomic E-state index is -0.105. The smallest absolute Gasteiger partial charge is 0.321 e. The quantitative estimate of drug-likeness (QED) is 0.787. The number of amides is 2. The highest BCUT2D eigenvalue weighted by Gasteiger charge is 2.23. The highest BCUT2D eigenvalue weighted by Crippen LogP contribution is 2.29. The Morgan fingerprint density at radius 1 is 1.07 bits per heavy atom. The molecule has 2 aromatic rings. The first-order valence-corrected chi connectivity index (χ1v) is 9.51. The van der Waals surface area contributed by atoms with E-state index in [1.165, 1.54) is 5.56 Å². The number of carbonyl (C=O) groups excluding carboxylic acids is 1. The van der Waals surface area contributed by atoms with Crippen LogP contribution >= 0.6 is 11.6 Å². The number of nitrogens with zero attached hydrogens (tertiary/aromatic N) is 1. The Labute approximate surface area is 165 Å². The summed E-state index contributed by atoms with van der Waals surface area (Å²) >= 11 is 6.01. The molecule has 1 aliphatic heterocycles. The number of hydrogen-bond donors (Lipinski definition) is 1. The number of benzene rings is 2. The average Bonchev–Trinajstić information content (AvgIpc) is 2.94. The van der Waals surface area contributed by atoms with Crippen molar-refractivity contribution in [1.29, 1.82) is 0 Å². The lowest BCUT2D eigenvalue weighted by atomic mass is 9.94. The summed E-state index contributed by atoms with van der Waals surface area (Å²) < 4.78 is 10.5. The largest absolute Gasteiger partial charge is 0.497 e. The molecule has 6 heteroatoms. The zero-order valence-electron chi connectivity index (χ0n) is 15.7. The Balaban J connectivity index is 1.72. The first kappa shape index (κ1) is 19.4. The molecule has 0 bridgehead atoms. The fraction of sp³-hybridized carbons (Fsp3) is 0.381. The molecule has 0 aliphatic carbocycles. The summed E-state index contributed by atoms with van der Waals surface area (Å²) in [5.74, 6) is 1.59. The third kappa shape index (κ3) is 5.07. The van der Waals surface area contributed by atoms with Gasteiger partial charge in [0.1, 0.15) is 11.5 Å². The molecular weight excluding hydrogens is 364 g/mol. The van der Waals surface area contributed by atoms with Gasteiger partial charge in [0.15, 0.2) is 0 Å². The van der Waals surface area contributed by atoms with Crippen LogP contribution in [-0.2, 0) is 0 Å². The van der Waals surface area contributed by atoms with Gasteiger partial charge in [-0.15, -0.1) is 0 Å². The van der Waals surface area contributed by atoms with Crippen LogP contribution in [0.2, 0.25) is 5.02 Å². The van der Waals surface area contributed by atoms with Crippen molar-refractivity contribution in [3.63, 3.8) is 0 Å². The third-order valence-electron chi connectivity index (χ3n) is 4.90. The molecule has 144 valence electrons. The summed E-state index contributed by atoms with van der Waals surface area (Å²) in [5, 5.41) is 3.71. The van der Waals surface area contributed by atoms with Crippen molar-refractivity contribution in [2.24, 2.45) is 0 Å². The van der Waals surface area contributed by atoms with Gasteiger partial charge >= 0.3 is 6.03 Å². The number of urea groups is 1. The van der Waals surface area contributed by atoms with E-state index in [2.05, 4.69) is 17.4 Å². The number of likely N-dealkylation sites (tertiary alicyclic amines) is 1. The molecule has 1 fully saturated rings. The molecule has 2 amide bonds. The summed E-state index contributed by atoms with van der Waals surface area (Å²) in [6.07, 6.45) is 3.17. The first-order chi connectivity index (χ1) is 13.1. The maximum atomic E-state index is 12.9. The predicted octanol–water partition coefficient (Wildman–Crippen LogP) is 5.16. The van der Waals surface area contributed by atoms with E-state index in [1.807, 2.05) is 17.0 Å². The van der Waals surface area contributed by atoms with Crippen LogP contribution in [0.25, 0.3) is 0 Å². The summed E-state index contributed by atoms with van der Waals surface area (Å²) in [6.45, 7) is 1.44. The van der Waals surface area contributed by atoms with Gasteiger partial charge in [0, 0.05) is 47.9 Å². The highest BCUT2D eigenvalue weighted by molar-refractivity contribution is 6.30. The van der Waals surface area contributed by atoms with Crippen molar-refractivity contribution >= 4 is 23.3 Å². The van der Waals surface area contributed by atoms with Crippen molar-refractivity contribution in [2.75, 3.05) is 32.6 Å². The minimum absolute atomic E-state index is 0.105. The molecular formula is C21H25ClN2O3. The molecule has 3 rings (SSSR count). The summed E-state index contributed by atoms with van der Waals surface area (Å²) in [4.78, 5) is 14.7. The van der Waals surface area contributed by atoms with Crippen LogP contribution in [0, 0.1) is 0 Å². The summed E-state index contributed by atoms with van der Waals surface area (Å²) in [5.41, 5.74) is 1.88. The number of hydrogen-bond acceptors (Lipinski definition) is 3. The molecule has 1 atom stereocenters. The zero-order valence-corrected chi connectivity index (χ0v) is 16.5. The van der Waals surface area contributed by atoms with Crippen LogP contribution < -0.4 is 14.8 Å². The van der Waals surface area contributed by atoms with Crippen molar-refractivity contribution in [3.05, 3.63) is 53.1 Å². The molecule has 0 radical (unpaired) electrons. The molecule has 1 aliphatic rings. The predicted molar refractivity (Wildman–Crippen MR) is 108 cm³/mol. The van der Waals surface area contributed by atoms with Gasteiger partial charge in [-0.3, -0.25) is 0 Å². The van der Waals surface area contributed by atoms with Crippen molar-refractivity contribution in [3.8, 4) is 11.5 Å². The fourth-order valence-corrected chi connectivity index (χ4v) is 3.54. The zero-order chi connectivity index (χ0) is 19.2. The van der Waals surface area contributed by atoms with Gasteiger partial charge in [0.2, 0.25) is 0 Å². The van der Waals surface area contributed by atoms with E-state index in [1.54, 1.807) is 32.4 Å². The van der Waals surface area contributed by atoms with Gasteiger partial charge in [-0.25, -0.2) is 4.79 Å². The van der Waals surface area contributed by atoms with Crippen LogP contribution in [0.5, 0.6) is 11.5 Å². The fourth-order valence-electron chi connectivity index (χ4n) is 3.42. The SMILES string of the molecule is COc1cc(NC(=O)N2CCCCC(c3ccc(Cl)cc3)C2)cc(OC)c1. The Hall–Kier alpha value is -2.40. The van der Waals surface area contributed by atoms with Crippen molar-refractivity contribution in [1.82, 2.24) is 4.90 Å². The molecule has 5 nitrogen and oxygen atoms in total. The van der Waals surface area contributed by atoms with E-state index in [9.17, 15) is 4.79 Å². The van der Waals surface area contributed by atoms with Gasteiger partial charge in [0.25, 0.3) is 0 Å². The van der Waals surface area contributed by atoms with E-state index < -0.39 is 0 Å². The van der Waals surface area contributed by atoms with Crippen LogP contribution in [0.4, 0.5) is 10.5 Å². The Morgan fingerprint density at radius 3 is 2.37 bits per heavy atom. The van der Waals surface area contributed by atoms with E-state index in [0.29, 0.717) is 29.6 Å². The monoisotopic (exact) mass is 388 g/mol. The lowest BCUT2D eigenvalue weighted by molar-refractivity contribution is 0.211. The molecule has 1 saturated heterocycles. The Bertz CT molecular complexity index is 757. The van der Waals surface area contributed by atoms with Crippen LogP contribution in [0.15, 0.2) is 42.5 Å². The van der Waals surface area contributed by atoms with Crippen LogP contribution in [0.1, 0.15) is 30.7 Å². The van der Waals surface area contributed by atoms with Gasteiger partial charge in [-0.2, -0.15) is 0 Å². The van der Waals surface area contributed by atoms with E-state index in [-0.39, 0.29) is 6.03 Å². The van der Waals surface area contributed by atoms with Gasteiger partial charge in [0.05, 0.1) is 14.2 Å².